The third-order valence-corrected chi connectivity index (χ3v) is 6.97. The van der Waals surface area contributed by atoms with Gasteiger partial charge in [-0.15, -0.1) is 11.3 Å². The maximum atomic E-state index is 13.4. The lowest BCUT2D eigenvalue weighted by Gasteiger charge is -2.18. The summed E-state index contributed by atoms with van der Waals surface area (Å²) in [6.07, 6.45) is -1.07. The highest BCUT2D eigenvalue weighted by Gasteiger charge is 2.46. The summed E-state index contributed by atoms with van der Waals surface area (Å²) in [4.78, 5) is 25.4. The molecule has 0 bridgehead atoms. The van der Waals surface area contributed by atoms with Crippen LogP contribution in [0.5, 0.6) is 0 Å². The Morgan fingerprint density at radius 2 is 2.00 bits per heavy atom. The number of aromatic nitrogens is 3. The van der Waals surface area contributed by atoms with E-state index in [0.717, 1.165) is 37.0 Å². The Hall–Kier alpha value is -3.32. The average molecular weight is 522 g/mol. The van der Waals surface area contributed by atoms with Crippen LogP contribution in [0.1, 0.15) is 40.0 Å². The summed E-state index contributed by atoms with van der Waals surface area (Å²) in [5, 5.41) is 13.2. The molecule has 36 heavy (non-hydrogen) atoms. The van der Waals surface area contributed by atoms with Crippen molar-refractivity contribution in [2.75, 3.05) is 30.4 Å². The number of fused-ring (bicyclic) bond motifs is 1. The highest BCUT2D eigenvalue weighted by Crippen LogP contribution is 2.49. The van der Waals surface area contributed by atoms with Crippen LogP contribution in [0.3, 0.4) is 0 Å². The predicted molar refractivity (Wildman–Crippen MR) is 128 cm³/mol. The predicted octanol–water partition coefficient (Wildman–Crippen LogP) is 4.36. The standard InChI is InChI=1S/C23H23F4N7OS/c24-11-22(4-5-22)17-10-36-21(32-17)34-18-16(19(35)30-12-23(25,26)27)9-29-20(33-18)31-15-2-1-13-3-6-28-8-14(13)7-15/h1-2,7,9-10,28H,3-6,8,11-12H2,(H,30,35)(H2,29,31,32,33,34). The number of benzene rings is 1. The van der Waals surface area contributed by atoms with Crippen molar-refractivity contribution in [3.05, 3.63) is 52.2 Å². The van der Waals surface area contributed by atoms with Crippen LogP contribution in [0.2, 0.25) is 0 Å². The maximum Gasteiger partial charge on any atom is 0.405 e. The van der Waals surface area contributed by atoms with E-state index in [0.29, 0.717) is 23.7 Å². The largest absolute Gasteiger partial charge is 0.405 e. The van der Waals surface area contributed by atoms with Gasteiger partial charge in [-0.2, -0.15) is 18.2 Å². The maximum absolute atomic E-state index is 13.4. The van der Waals surface area contributed by atoms with E-state index >= 15 is 0 Å². The Kier molecular flexibility index (Phi) is 6.51. The lowest BCUT2D eigenvalue weighted by molar-refractivity contribution is -0.123. The zero-order valence-corrected chi connectivity index (χ0v) is 19.8. The fraction of sp³-hybridized carbons (Fsp3) is 0.391. The summed E-state index contributed by atoms with van der Waals surface area (Å²) < 4.78 is 51.4. The molecule has 3 aromatic rings. The molecule has 1 fully saturated rings. The van der Waals surface area contributed by atoms with Gasteiger partial charge in [-0.25, -0.2) is 9.97 Å². The summed E-state index contributed by atoms with van der Waals surface area (Å²) in [5.74, 6) is -0.856. The first-order valence-corrected chi connectivity index (χ1v) is 12.2. The Labute approximate surface area is 208 Å². The minimum absolute atomic E-state index is 0.0159. The third-order valence-electron chi connectivity index (χ3n) is 6.21. The van der Waals surface area contributed by atoms with Gasteiger partial charge in [0, 0.05) is 29.2 Å². The summed E-state index contributed by atoms with van der Waals surface area (Å²) in [6.45, 7) is -0.349. The van der Waals surface area contributed by atoms with Crippen LogP contribution >= 0.6 is 11.3 Å². The monoisotopic (exact) mass is 521 g/mol. The van der Waals surface area contributed by atoms with Gasteiger partial charge >= 0.3 is 6.18 Å². The number of halogens is 4. The van der Waals surface area contributed by atoms with Gasteiger partial charge in [-0.3, -0.25) is 9.18 Å². The number of hydrogen-bond acceptors (Lipinski definition) is 8. The summed E-state index contributed by atoms with van der Waals surface area (Å²) in [5.41, 5.74) is 2.99. The Morgan fingerprint density at radius 1 is 1.17 bits per heavy atom. The first kappa shape index (κ1) is 24.4. The van der Waals surface area contributed by atoms with Crippen molar-refractivity contribution in [1.29, 1.82) is 0 Å². The number of thiazole rings is 1. The topological polar surface area (TPSA) is 104 Å². The molecule has 1 saturated carbocycles. The number of amides is 1. The molecule has 0 atom stereocenters. The van der Waals surface area contributed by atoms with E-state index in [-0.39, 0.29) is 17.3 Å². The lowest BCUT2D eigenvalue weighted by Crippen LogP contribution is -2.34. The first-order chi connectivity index (χ1) is 17.2. The summed E-state index contributed by atoms with van der Waals surface area (Å²) >= 11 is 1.20. The average Bonchev–Trinajstić information content (AvgIpc) is 3.53. The number of nitrogens with one attached hydrogen (secondary N) is 4. The quantitative estimate of drug-likeness (QED) is 0.327. The molecule has 190 valence electrons. The van der Waals surface area contributed by atoms with Crippen LogP contribution in [0.25, 0.3) is 0 Å². The lowest BCUT2D eigenvalue weighted by atomic mass is 10.0. The van der Waals surface area contributed by atoms with Crippen molar-refractivity contribution in [3.8, 4) is 0 Å². The molecule has 0 saturated heterocycles. The minimum Gasteiger partial charge on any atom is -0.343 e. The van der Waals surface area contributed by atoms with Crippen LogP contribution in [0.4, 0.5) is 40.1 Å². The molecule has 3 heterocycles. The number of nitrogens with zero attached hydrogens (tertiary/aromatic N) is 3. The fourth-order valence-corrected chi connectivity index (χ4v) is 4.78. The number of rotatable bonds is 8. The van der Waals surface area contributed by atoms with Crippen LogP contribution in [-0.2, 0) is 18.4 Å². The molecule has 0 unspecified atom stereocenters. The summed E-state index contributed by atoms with van der Waals surface area (Å²) in [6, 6.07) is 5.89. The Morgan fingerprint density at radius 3 is 2.75 bits per heavy atom. The molecule has 1 amide bonds. The van der Waals surface area contributed by atoms with Gasteiger partial charge in [0.25, 0.3) is 5.91 Å². The minimum atomic E-state index is -4.57. The van der Waals surface area contributed by atoms with Crippen LogP contribution in [-0.4, -0.2) is 46.8 Å². The van der Waals surface area contributed by atoms with Crippen molar-refractivity contribution in [2.24, 2.45) is 0 Å². The molecule has 8 nitrogen and oxygen atoms in total. The molecule has 1 aliphatic carbocycles. The molecule has 5 rings (SSSR count). The van der Waals surface area contributed by atoms with Gasteiger partial charge in [0.05, 0.1) is 5.69 Å². The molecule has 4 N–H and O–H groups in total. The van der Waals surface area contributed by atoms with Gasteiger partial charge in [0.2, 0.25) is 5.95 Å². The van der Waals surface area contributed by atoms with Crippen molar-refractivity contribution in [3.63, 3.8) is 0 Å². The van der Waals surface area contributed by atoms with Gasteiger partial charge in [0.1, 0.15) is 18.8 Å². The molecular weight excluding hydrogens is 498 g/mol. The highest BCUT2D eigenvalue weighted by molar-refractivity contribution is 7.13. The molecule has 2 aromatic heterocycles. The number of carbonyl (C=O) groups is 1. The SMILES string of the molecule is O=C(NCC(F)(F)F)c1cnc(Nc2ccc3c(c2)CNCC3)nc1Nc1nc(C2(CF)CC2)cs1. The fourth-order valence-electron chi connectivity index (χ4n) is 3.95. The van der Waals surface area contributed by atoms with Crippen LogP contribution in [0.15, 0.2) is 29.8 Å². The molecule has 0 spiro atoms. The van der Waals surface area contributed by atoms with Crippen LogP contribution < -0.4 is 21.3 Å². The normalized spacial score (nSPS) is 16.2. The third kappa shape index (κ3) is 5.41. The van der Waals surface area contributed by atoms with E-state index in [1.165, 1.54) is 16.9 Å². The van der Waals surface area contributed by atoms with Gasteiger partial charge in [0.15, 0.2) is 10.9 Å². The number of carbonyl (C=O) groups excluding carboxylic acids is 1. The molecule has 0 radical (unpaired) electrons. The second-order valence-corrected chi connectivity index (χ2v) is 9.72. The van der Waals surface area contributed by atoms with Crippen LogP contribution in [0, 0.1) is 0 Å². The van der Waals surface area contributed by atoms with E-state index in [2.05, 4.69) is 30.9 Å². The van der Waals surface area contributed by atoms with Crippen molar-refractivity contribution < 1.29 is 22.4 Å². The molecule has 1 aromatic carbocycles. The van der Waals surface area contributed by atoms with E-state index < -0.39 is 30.7 Å². The first-order valence-electron chi connectivity index (χ1n) is 11.4. The number of hydrogen-bond donors (Lipinski definition) is 4. The second-order valence-electron chi connectivity index (χ2n) is 8.87. The zero-order valence-electron chi connectivity index (χ0n) is 19.0. The van der Waals surface area contributed by atoms with Crippen molar-refractivity contribution in [1.82, 2.24) is 25.6 Å². The van der Waals surface area contributed by atoms with Crippen molar-refractivity contribution in [2.45, 2.75) is 37.4 Å². The number of alkyl halides is 4. The van der Waals surface area contributed by atoms with E-state index in [1.807, 2.05) is 23.5 Å². The van der Waals surface area contributed by atoms with E-state index in [9.17, 15) is 22.4 Å². The van der Waals surface area contributed by atoms with Gasteiger partial charge in [-0.05, 0) is 49.1 Å². The number of anilines is 4. The second kappa shape index (κ2) is 9.62. The van der Waals surface area contributed by atoms with Gasteiger partial charge in [-0.1, -0.05) is 6.07 Å². The Balaban J connectivity index is 1.41. The Bertz CT molecular complexity index is 1280. The van der Waals surface area contributed by atoms with Gasteiger partial charge < -0.3 is 21.3 Å². The molecule has 1 aliphatic heterocycles. The molecular formula is C23H23F4N7OS. The summed E-state index contributed by atoms with van der Waals surface area (Å²) in [7, 11) is 0. The van der Waals surface area contributed by atoms with Crippen molar-refractivity contribution >= 4 is 39.8 Å². The zero-order chi connectivity index (χ0) is 25.3. The molecule has 13 heteroatoms. The smallest absolute Gasteiger partial charge is 0.343 e. The van der Waals surface area contributed by atoms with E-state index in [4.69, 9.17) is 0 Å². The molecule has 2 aliphatic rings. The highest BCUT2D eigenvalue weighted by atomic mass is 32.1. The van der Waals surface area contributed by atoms with E-state index in [1.54, 1.807) is 5.38 Å².